The molecule has 0 saturated carbocycles. The van der Waals surface area contributed by atoms with Gasteiger partial charge in [0.05, 0.1) is 6.20 Å². The van der Waals surface area contributed by atoms with Crippen LogP contribution in [0.3, 0.4) is 0 Å². The molecule has 1 aromatic rings. The minimum absolute atomic E-state index is 0.716. The second kappa shape index (κ2) is 5.60. The van der Waals surface area contributed by atoms with E-state index in [1.54, 1.807) is 0 Å². The first kappa shape index (κ1) is 11.0. The summed E-state index contributed by atoms with van der Waals surface area (Å²) in [6, 6.07) is 0. The van der Waals surface area contributed by atoms with Crippen LogP contribution in [0.15, 0.2) is 17.3 Å². The first-order chi connectivity index (χ1) is 6.26. The Balaban J connectivity index is 2.33. The van der Waals surface area contributed by atoms with E-state index in [0.717, 1.165) is 11.5 Å². The largest absolute Gasteiger partial charge is 0.275 e. The van der Waals surface area contributed by atoms with Crippen molar-refractivity contribution in [1.82, 2.24) is 9.78 Å². The number of thioether (sulfide) groups is 1. The van der Waals surface area contributed by atoms with Gasteiger partial charge in [0, 0.05) is 23.9 Å². The average molecular weight is 216 g/mol. The Kier molecular flexibility index (Phi) is 4.73. The van der Waals surface area contributed by atoms with Crippen molar-refractivity contribution in [2.75, 3.05) is 11.5 Å². The molecular formula is C9H16N2S2. The van der Waals surface area contributed by atoms with Crippen molar-refractivity contribution in [2.24, 2.45) is 13.0 Å². The molecule has 0 aliphatic carbocycles. The van der Waals surface area contributed by atoms with Gasteiger partial charge in [0.15, 0.2) is 0 Å². The highest BCUT2D eigenvalue weighted by molar-refractivity contribution is 7.99. The van der Waals surface area contributed by atoms with Crippen molar-refractivity contribution < 1.29 is 0 Å². The average Bonchev–Trinajstić information content (AvgIpc) is 2.53. The highest BCUT2D eigenvalue weighted by Gasteiger charge is 2.05. The molecule has 0 radical (unpaired) electrons. The quantitative estimate of drug-likeness (QED) is 0.602. The first-order valence-electron chi connectivity index (χ1n) is 4.48. The molecule has 0 N–H and O–H groups in total. The van der Waals surface area contributed by atoms with Gasteiger partial charge in [0.1, 0.15) is 0 Å². The van der Waals surface area contributed by atoms with Crippen molar-refractivity contribution in [1.29, 1.82) is 0 Å². The SMILES string of the molecule is CCC(CS)CSc1cnn(C)c1. The molecule has 13 heavy (non-hydrogen) atoms. The van der Waals surface area contributed by atoms with Crippen LogP contribution in [0, 0.1) is 5.92 Å². The van der Waals surface area contributed by atoms with Gasteiger partial charge in [-0.15, -0.1) is 11.8 Å². The molecular weight excluding hydrogens is 200 g/mol. The Hall–Kier alpha value is -0.0900. The number of aryl methyl sites for hydroxylation is 1. The third-order valence-electron chi connectivity index (χ3n) is 2.00. The molecule has 0 amide bonds. The van der Waals surface area contributed by atoms with Gasteiger partial charge in [0.25, 0.3) is 0 Å². The van der Waals surface area contributed by atoms with Crippen LogP contribution in [-0.4, -0.2) is 21.3 Å². The van der Waals surface area contributed by atoms with E-state index in [1.165, 1.54) is 11.3 Å². The molecule has 0 spiro atoms. The molecule has 0 aliphatic heterocycles. The van der Waals surface area contributed by atoms with Gasteiger partial charge < -0.3 is 0 Å². The fourth-order valence-electron chi connectivity index (χ4n) is 0.987. The van der Waals surface area contributed by atoms with Crippen molar-refractivity contribution in [3.63, 3.8) is 0 Å². The highest BCUT2D eigenvalue weighted by Crippen LogP contribution is 2.21. The fraction of sp³-hybridized carbons (Fsp3) is 0.667. The van der Waals surface area contributed by atoms with Gasteiger partial charge >= 0.3 is 0 Å². The number of hydrogen-bond acceptors (Lipinski definition) is 3. The molecule has 1 aromatic heterocycles. The predicted molar refractivity (Wildman–Crippen MR) is 61.6 cm³/mol. The maximum atomic E-state index is 4.31. The Morgan fingerprint density at radius 3 is 2.92 bits per heavy atom. The van der Waals surface area contributed by atoms with Crippen LogP contribution in [0.25, 0.3) is 0 Å². The summed E-state index contributed by atoms with van der Waals surface area (Å²) >= 11 is 6.18. The monoisotopic (exact) mass is 216 g/mol. The molecule has 1 unspecified atom stereocenters. The van der Waals surface area contributed by atoms with E-state index in [1.807, 2.05) is 29.7 Å². The maximum absolute atomic E-state index is 4.31. The topological polar surface area (TPSA) is 17.8 Å². The lowest BCUT2D eigenvalue weighted by molar-refractivity contribution is 0.649. The van der Waals surface area contributed by atoms with Crippen LogP contribution in [0.1, 0.15) is 13.3 Å². The third-order valence-corrected chi connectivity index (χ3v) is 3.70. The van der Waals surface area contributed by atoms with Crippen LogP contribution in [0.5, 0.6) is 0 Å². The summed E-state index contributed by atoms with van der Waals surface area (Å²) in [5, 5.41) is 4.12. The van der Waals surface area contributed by atoms with E-state index in [2.05, 4.69) is 30.8 Å². The van der Waals surface area contributed by atoms with Crippen LogP contribution in [0.4, 0.5) is 0 Å². The van der Waals surface area contributed by atoms with Crippen LogP contribution in [-0.2, 0) is 7.05 Å². The van der Waals surface area contributed by atoms with Crippen molar-refractivity contribution >= 4 is 24.4 Å². The Morgan fingerprint density at radius 1 is 1.69 bits per heavy atom. The molecule has 0 saturated heterocycles. The smallest absolute Gasteiger partial charge is 0.0625 e. The fourth-order valence-corrected chi connectivity index (χ4v) is 2.68. The molecule has 0 aliphatic rings. The summed E-state index contributed by atoms with van der Waals surface area (Å²) in [6.45, 7) is 2.21. The summed E-state index contributed by atoms with van der Waals surface area (Å²) in [6.07, 6.45) is 5.17. The van der Waals surface area contributed by atoms with Gasteiger partial charge in [-0.25, -0.2) is 0 Å². The zero-order chi connectivity index (χ0) is 9.68. The summed E-state index contributed by atoms with van der Waals surface area (Å²) in [4.78, 5) is 1.25. The molecule has 0 aromatic carbocycles. The van der Waals surface area contributed by atoms with Gasteiger partial charge in [-0.2, -0.15) is 17.7 Å². The molecule has 1 rings (SSSR count). The number of rotatable bonds is 5. The highest BCUT2D eigenvalue weighted by atomic mass is 32.2. The number of nitrogens with zero attached hydrogens (tertiary/aromatic N) is 2. The molecule has 74 valence electrons. The first-order valence-corrected chi connectivity index (χ1v) is 6.10. The van der Waals surface area contributed by atoms with Gasteiger partial charge in [0.2, 0.25) is 0 Å². The number of aromatic nitrogens is 2. The van der Waals surface area contributed by atoms with Crippen molar-refractivity contribution in [3.8, 4) is 0 Å². The van der Waals surface area contributed by atoms with Gasteiger partial charge in [-0.05, 0) is 11.7 Å². The zero-order valence-electron chi connectivity index (χ0n) is 8.10. The maximum Gasteiger partial charge on any atom is 0.0625 e. The van der Waals surface area contributed by atoms with Crippen LogP contribution in [0.2, 0.25) is 0 Å². The van der Waals surface area contributed by atoms with Gasteiger partial charge in [-0.1, -0.05) is 13.3 Å². The molecule has 2 nitrogen and oxygen atoms in total. The summed E-state index contributed by atoms with van der Waals surface area (Å²) < 4.78 is 1.84. The van der Waals surface area contributed by atoms with Crippen molar-refractivity contribution in [3.05, 3.63) is 12.4 Å². The summed E-state index contributed by atoms with van der Waals surface area (Å²) in [5.74, 6) is 2.84. The molecule has 0 bridgehead atoms. The predicted octanol–water partition coefficient (Wildman–Crippen LogP) is 2.47. The third kappa shape index (κ3) is 3.65. The van der Waals surface area contributed by atoms with E-state index in [0.29, 0.717) is 5.92 Å². The molecule has 0 fully saturated rings. The second-order valence-electron chi connectivity index (χ2n) is 3.12. The lowest BCUT2D eigenvalue weighted by atomic mass is 10.2. The second-order valence-corrected chi connectivity index (χ2v) is 4.58. The normalized spacial score (nSPS) is 13.2. The van der Waals surface area contributed by atoms with Crippen LogP contribution < -0.4 is 0 Å². The Morgan fingerprint density at radius 2 is 2.46 bits per heavy atom. The molecule has 1 atom stereocenters. The van der Waals surface area contributed by atoms with E-state index in [9.17, 15) is 0 Å². The summed E-state index contributed by atoms with van der Waals surface area (Å²) in [7, 11) is 1.94. The standard InChI is InChI=1S/C9H16N2S2/c1-3-8(6-12)7-13-9-4-10-11(2)5-9/h4-5,8,12H,3,6-7H2,1-2H3. The van der Waals surface area contributed by atoms with Crippen molar-refractivity contribution in [2.45, 2.75) is 18.2 Å². The van der Waals surface area contributed by atoms with E-state index in [4.69, 9.17) is 0 Å². The van der Waals surface area contributed by atoms with E-state index < -0.39 is 0 Å². The van der Waals surface area contributed by atoms with E-state index >= 15 is 0 Å². The zero-order valence-corrected chi connectivity index (χ0v) is 9.81. The lowest BCUT2D eigenvalue weighted by Gasteiger charge is -2.09. The Bertz CT molecular complexity index is 244. The summed E-state index contributed by atoms with van der Waals surface area (Å²) in [5.41, 5.74) is 0. The number of hydrogen-bond donors (Lipinski definition) is 1. The van der Waals surface area contributed by atoms with Crippen LogP contribution >= 0.6 is 24.4 Å². The van der Waals surface area contributed by atoms with Gasteiger partial charge in [-0.3, -0.25) is 4.68 Å². The van der Waals surface area contributed by atoms with E-state index in [-0.39, 0.29) is 0 Å². The Labute approximate surface area is 89.5 Å². The molecule has 4 heteroatoms. The lowest BCUT2D eigenvalue weighted by Crippen LogP contribution is -2.03. The minimum Gasteiger partial charge on any atom is -0.275 e. The number of thiol groups is 1. The molecule has 1 heterocycles. The minimum atomic E-state index is 0.716.